The smallest absolute Gasteiger partial charge is 0.310 e. The number of carbonyl (C=O) groups is 3. The number of rotatable bonds is 7. The Balaban J connectivity index is 1.79. The molecule has 10 heteroatoms. The average molecular weight is 560 g/mol. The van der Waals surface area contributed by atoms with Crippen molar-refractivity contribution in [1.82, 2.24) is 4.90 Å². The van der Waals surface area contributed by atoms with E-state index in [1.807, 2.05) is 13.8 Å². The van der Waals surface area contributed by atoms with Crippen molar-refractivity contribution in [3.8, 4) is 0 Å². The van der Waals surface area contributed by atoms with E-state index < -0.39 is 34.6 Å². The fourth-order valence-corrected chi connectivity index (χ4v) is 9.39. The number of aliphatic hydroxyl groups is 1. The number of hydrogen-bond acceptors (Lipinski definition) is 6. The van der Waals surface area contributed by atoms with E-state index in [1.54, 1.807) is 31.2 Å². The maximum atomic E-state index is 13.9. The third kappa shape index (κ3) is 3.89. The van der Waals surface area contributed by atoms with Crippen LogP contribution in [0.2, 0.25) is 5.02 Å². The number of para-hydroxylation sites is 1. The molecule has 33 heavy (non-hydrogen) atoms. The molecule has 3 heterocycles. The van der Waals surface area contributed by atoms with Gasteiger partial charge >= 0.3 is 5.97 Å². The minimum absolute atomic E-state index is 0.0388. The van der Waals surface area contributed by atoms with E-state index in [-0.39, 0.29) is 41.0 Å². The summed E-state index contributed by atoms with van der Waals surface area (Å²) in [5.41, 5.74) is 0.455. The van der Waals surface area contributed by atoms with E-state index in [2.05, 4.69) is 21.2 Å². The Morgan fingerprint density at radius 3 is 2.70 bits per heavy atom. The molecule has 3 fully saturated rings. The predicted molar refractivity (Wildman–Crippen MR) is 131 cm³/mol. The number of likely N-dealkylation sites (tertiary alicyclic amines) is 1. The number of thioether (sulfide) groups is 1. The largest absolute Gasteiger partial charge is 0.466 e. The molecule has 3 aliphatic rings. The molecule has 0 aliphatic carbocycles. The highest BCUT2D eigenvalue weighted by Gasteiger charge is 2.76. The Labute approximate surface area is 211 Å². The summed E-state index contributed by atoms with van der Waals surface area (Å²) in [5.74, 6) is -2.46. The van der Waals surface area contributed by atoms with Gasteiger partial charge in [-0.3, -0.25) is 14.4 Å². The first-order valence-electron chi connectivity index (χ1n) is 11.1. The van der Waals surface area contributed by atoms with Gasteiger partial charge in [-0.2, -0.15) is 0 Å². The normalized spacial score (nSPS) is 33.4. The zero-order valence-corrected chi connectivity index (χ0v) is 21.8. The van der Waals surface area contributed by atoms with Gasteiger partial charge < -0.3 is 20.1 Å². The highest BCUT2D eigenvalue weighted by molar-refractivity contribution is 9.09. The van der Waals surface area contributed by atoms with Gasteiger partial charge in [0, 0.05) is 10.1 Å². The molecular weight excluding hydrogens is 532 g/mol. The monoisotopic (exact) mass is 558 g/mol. The van der Waals surface area contributed by atoms with E-state index in [9.17, 15) is 19.5 Å². The first-order chi connectivity index (χ1) is 15.7. The second-order valence-electron chi connectivity index (χ2n) is 9.12. The standard InChI is InChI=1S/C23H28BrClN2O5S/c1-4-32-22(31)16-17-21(30)27(15(10-28)11(2)3)19(23(17)9-12(24)18(16)33-23)20(29)26-14-8-6-5-7-13(14)25/h5-8,11-12,15-19,28H,4,9-10H2,1-3H3,(H,26,29)/t12?,15-,16+,17-,18+,19?,23?/m0/s1. The summed E-state index contributed by atoms with van der Waals surface area (Å²) in [6.07, 6.45) is 0.558. The van der Waals surface area contributed by atoms with Crippen LogP contribution < -0.4 is 5.32 Å². The summed E-state index contributed by atoms with van der Waals surface area (Å²) in [4.78, 5) is 42.2. The lowest BCUT2D eigenvalue weighted by molar-refractivity contribution is -0.154. The van der Waals surface area contributed by atoms with Crippen molar-refractivity contribution in [2.45, 2.75) is 54.1 Å². The molecular formula is C23H28BrClN2O5S. The van der Waals surface area contributed by atoms with Gasteiger partial charge in [-0.15, -0.1) is 11.8 Å². The van der Waals surface area contributed by atoms with Crippen molar-refractivity contribution in [3.05, 3.63) is 29.3 Å². The molecule has 180 valence electrons. The maximum Gasteiger partial charge on any atom is 0.310 e. The van der Waals surface area contributed by atoms with Crippen LogP contribution in [0.4, 0.5) is 5.69 Å². The molecule has 7 nitrogen and oxygen atoms in total. The van der Waals surface area contributed by atoms with Crippen LogP contribution in [0, 0.1) is 17.8 Å². The van der Waals surface area contributed by atoms with Crippen molar-refractivity contribution in [1.29, 1.82) is 0 Å². The molecule has 1 aromatic rings. The molecule has 3 aliphatic heterocycles. The maximum absolute atomic E-state index is 13.9. The third-order valence-electron chi connectivity index (χ3n) is 6.98. The Kier molecular flexibility index (Phi) is 7.07. The highest BCUT2D eigenvalue weighted by atomic mass is 79.9. The topological polar surface area (TPSA) is 95.9 Å². The van der Waals surface area contributed by atoms with Crippen LogP contribution in [0.25, 0.3) is 0 Å². The number of hydrogen-bond donors (Lipinski definition) is 2. The van der Waals surface area contributed by atoms with Crippen molar-refractivity contribution in [2.75, 3.05) is 18.5 Å². The fourth-order valence-electron chi connectivity index (χ4n) is 5.62. The number of nitrogens with zero attached hydrogens (tertiary/aromatic N) is 1. The number of ether oxygens (including phenoxy) is 1. The van der Waals surface area contributed by atoms with Crippen molar-refractivity contribution < 1.29 is 24.2 Å². The van der Waals surface area contributed by atoms with Gasteiger partial charge in [-0.05, 0) is 31.4 Å². The number of amides is 2. The van der Waals surface area contributed by atoms with Crippen LogP contribution >= 0.6 is 39.3 Å². The predicted octanol–water partition coefficient (Wildman–Crippen LogP) is 3.32. The quantitative estimate of drug-likeness (QED) is 0.393. The number of nitrogens with one attached hydrogen (secondary N) is 1. The van der Waals surface area contributed by atoms with Crippen LogP contribution in [-0.2, 0) is 19.1 Å². The molecule has 1 spiro atoms. The lowest BCUT2D eigenvalue weighted by atomic mass is 9.71. The minimum atomic E-state index is -0.861. The van der Waals surface area contributed by atoms with E-state index >= 15 is 0 Å². The number of esters is 1. The lowest BCUT2D eigenvalue weighted by Crippen LogP contribution is -2.56. The minimum Gasteiger partial charge on any atom is -0.466 e. The van der Waals surface area contributed by atoms with Crippen LogP contribution in [0.1, 0.15) is 27.2 Å². The zero-order valence-electron chi connectivity index (χ0n) is 18.7. The second-order valence-corrected chi connectivity index (χ2v) is 12.2. The average Bonchev–Trinajstić information content (AvgIpc) is 3.34. The fraction of sp³-hybridized carbons (Fsp3) is 0.609. The van der Waals surface area contributed by atoms with Gasteiger partial charge in [0.15, 0.2) is 0 Å². The van der Waals surface area contributed by atoms with Gasteiger partial charge in [0.05, 0.1) is 46.5 Å². The van der Waals surface area contributed by atoms with Crippen LogP contribution in [0.3, 0.4) is 0 Å². The molecule has 2 N–H and O–H groups in total. The van der Waals surface area contributed by atoms with Gasteiger partial charge in [0.2, 0.25) is 11.8 Å². The van der Waals surface area contributed by atoms with Crippen LogP contribution in [0.15, 0.2) is 24.3 Å². The molecule has 0 radical (unpaired) electrons. The Morgan fingerprint density at radius 2 is 2.09 bits per heavy atom. The second kappa shape index (κ2) is 9.40. The lowest BCUT2D eigenvalue weighted by Gasteiger charge is -2.38. The van der Waals surface area contributed by atoms with Crippen molar-refractivity contribution in [2.24, 2.45) is 17.8 Å². The summed E-state index contributed by atoms with van der Waals surface area (Å²) in [7, 11) is 0. The van der Waals surface area contributed by atoms with Crippen LogP contribution in [-0.4, -0.2) is 67.9 Å². The number of fused-ring (bicyclic) bond motifs is 1. The Hall–Kier alpha value is -1.29. The number of aliphatic hydroxyl groups excluding tert-OH is 1. The Morgan fingerprint density at radius 1 is 1.39 bits per heavy atom. The molecule has 2 bridgehead atoms. The zero-order chi connectivity index (χ0) is 24.1. The third-order valence-corrected chi connectivity index (χ3v) is 10.5. The summed E-state index contributed by atoms with van der Waals surface area (Å²) in [5, 5.41) is 13.3. The van der Waals surface area contributed by atoms with E-state index in [0.717, 1.165) is 0 Å². The van der Waals surface area contributed by atoms with E-state index in [0.29, 0.717) is 17.1 Å². The molecule has 7 atom stereocenters. The number of benzene rings is 1. The summed E-state index contributed by atoms with van der Waals surface area (Å²) < 4.78 is 4.54. The molecule has 3 saturated heterocycles. The van der Waals surface area contributed by atoms with Gasteiger partial charge in [-0.1, -0.05) is 53.5 Å². The summed E-state index contributed by atoms with van der Waals surface area (Å²) in [6.45, 7) is 5.49. The molecule has 0 saturated carbocycles. The number of alkyl halides is 1. The van der Waals surface area contributed by atoms with Gasteiger partial charge in [0.25, 0.3) is 0 Å². The Bertz CT molecular complexity index is 965. The molecule has 2 amide bonds. The van der Waals surface area contributed by atoms with Crippen LogP contribution in [0.5, 0.6) is 0 Å². The number of anilines is 1. The summed E-state index contributed by atoms with van der Waals surface area (Å²) >= 11 is 11.5. The van der Waals surface area contributed by atoms with E-state index in [1.165, 1.54) is 16.7 Å². The SMILES string of the molecule is CCOC(=O)[C@H]1[C@@H]2SC3(CC2Br)C(C(=O)Nc2ccccc2Cl)N([C@@H](CO)C(C)C)C(=O)[C@H]13. The molecule has 3 unspecified atom stereocenters. The van der Waals surface area contributed by atoms with Crippen molar-refractivity contribution in [3.63, 3.8) is 0 Å². The number of halogens is 2. The highest BCUT2D eigenvalue weighted by Crippen LogP contribution is 2.68. The molecule has 0 aromatic heterocycles. The van der Waals surface area contributed by atoms with E-state index in [4.69, 9.17) is 16.3 Å². The van der Waals surface area contributed by atoms with Gasteiger partial charge in [0.1, 0.15) is 6.04 Å². The van der Waals surface area contributed by atoms with Gasteiger partial charge in [-0.25, -0.2) is 0 Å². The first-order valence-corrected chi connectivity index (χ1v) is 13.3. The number of carbonyl (C=O) groups excluding carboxylic acids is 3. The first kappa shape index (κ1) is 24.8. The molecule has 1 aromatic carbocycles. The summed E-state index contributed by atoms with van der Waals surface area (Å²) in [6, 6.07) is 5.51. The van der Waals surface area contributed by atoms with Crippen molar-refractivity contribution >= 4 is 62.8 Å². The molecule has 4 rings (SSSR count).